The van der Waals surface area contributed by atoms with Gasteiger partial charge >= 0.3 is 0 Å². The maximum atomic E-state index is 10.8. The third-order valence-electron chi connectivity index (χ3n) is 2.60. The summed E-state index contributed by atoms with van der Waals surface area (Å²) in [4.78, 5) is 10.8. The molecule has 0 heterocycles. The van der Waals surface area contributed by atoms with E-state index in [9.17, 15) is 15.0 Å². The summed E-state index contributed by atoms with van der Waals surface area (Å²) in [5.74, 6) is 0.838. The van der Waals surface area contributed by atoms with Gasteiger partial charge in [0.1, 0.15) is 11.9 Å². The van der Waals surface area contributed by atoms with Crippen LogP contribution in [0.3, 0.4) is 0 Å². The summed E-state index contributed by atoms with van der Waals surface area (Å²) in [6.07, 6.45) is -2.00. The number of benzene rings is 1. The minimum Gasteiger partial charge on any atom is -0.496 e. The number of hydrogen-bond donors (Lipinski definition) is 2. The summed E-state index contributed by atoms with van der Waals surface area (Å²) in [6, 6.07) is 5.26. The predicted octanol–water partition coefficient (Wildman–Crippen LogP) is 1.68. The van der Waals surface area contributed by atoms with Crippen molar-refractivity contribution in [1.82, 2.24) is 0 Å². The molecule has 5 heteroatoms. The number of hydrogen-bond acceptors (Lipinski definition) is 5. The van der Waals surface area contributed by atoms with E-state index in [1.54, 1.807) is 19.2 Å². The molecule has 1 aromatic carbocycles. The molecule has 4 nitrogen and oxygen atoms in total. The first kappa shape index (κ1) is 15.0. The Hall–Kier alpha value is -1.04. The highest BCUT2D eigenvalue weighted by molar-refractivity contribution is 8.13. The zero-order valence-corrected chi connectivity index (χ0v) is 11.5. The molecule has 1 aromatic rings. The summed E-state index contributed by atoms with van der Waals surface area (Å²) in [6.45, 7) is 3.33. The van der Waals surface area contributed by atoms with Gasteiger partial charge in [0.25, 0.3) is 0 Å². The lowest BCUT2D eigenvalue weighted by atomic mass is 10.0. The maximum absolute atomic E-state index is 10.8. The van der Waals surface area contributed by atoms with Gasteiger partial charge in [0.15, 0.2) is 5.12 Å². The molecule has 0 aliphatic rings. The Morgan fingerprint density at radius 2 is 2.11 bits per heavy atom. The number of carbonyl (C=O) groups is 1. The van der Waals surface area contributed by atoms with Gasteiger partial charge in [-0.2, -0.15) is 0 Å². The average molecular weight is 270 g/mol. The molecule has 0 radical (unpaired) electrons. The highest BCUT2D eigenvalue weighted by atomic mass is 32.2. The first-order chi connectivity index (χ1) is 8.45. The van der Waals surface area contributed by atoms with Gasteiger partial charge in [0.05, 0.1) is 13.2 Å². The van der Waals surface area contributed by atoms with Gasteiger partial charge in [-0.15, -0.1) is 0 Å². The van der Waals surface area contributed by atoms with Gasteiger partial charge in [0.2, 0.25) is 0 Å². The lowest BCUT2D eigenvalue weighted by Gasteiger charge is -2.18. The lowest BCUT2D eigenvalue weighted by Crippen LogP contribution is -2.21. The van der Waals surface area contributed by atoms with E-state index in [2.05, 4.69) is 0 Å². The third-order valence-corrected chi connectivity index (χ3v) is 3.51. The van der Waals surface area contributed by atoms with E-state index in [0.717, 1.165) is 17.3 Å². The zero-order chi connectivity index (χ0) is 13.7. The van der Waals surface area contributed by atoms with Gasteiger partial charge in [0, 0.05) is 12.7 Å². The standard InChI is InChI=1S/C13H18O4S/c1-8-4-5-10(6-12(8)17-3)13(16)11(15)7-18-9(2)14/h4-6,11,13,15-16H,7H2,1-3H3. The van der Waals surface area contributed by atoms with Crippen molar-refractivity contribution in [3.8, 4) is 5.75 Å². The van der Waals surface area contributed by atoms with Crippen LogP contribution in [0.2, 0.25) is 0 Å². The second-order valence-electron chi connectivity index (χ2n) is 4.04. The van der Waals surface area contributed by atoms with Gasteiger partial charge in [-0.05, 0) is 24.1 Å². The molecule has 2 N–H and O–H groups in total. The number of rotatable bonds is 5. The molecule has 0 bridgehead atoms. The molecule has 0 saturated heterocycles. The van der Waals surface area contributed by atoms with Crippen molar-refractivity contribution in [3.05, 3.63) is 29.3 Å². The van der Waals surface area contributed by atoms with Crippen molar-refractivity contribution < 1.29 is 19.7 Å². The molecule has 0 saturated carbocycles. The lowest BCUT2D eigenvalue weighted by molar-refractivity contribution is -0.109. The highest BCUT2D eigenvalue weighted by Crippen LogP contribution is 2.26. The first-order valence-electron chi connectivity index (χ1n) is 5.59. The van der Waals surface area contributed by atoms with E-state index in [1.165, 1.54) is 6.92 Å². The fourth-order valence-electron chi connectivity index (χ4n) is 1.54. The molecular formula is C13H18O4S. The molecule has 2 atom stereocenters. The number of aliphatic hydroxyl groups excluding tert-OH is 2. The minimum absolute atomic E-state index is 0.0808. The van der Waals surface area contributed by atoms with Crippen LogP contribution in [0.4, 0.5) is 0 Å². The molecule has 0 aliphatic carbocycles. The van der Waals surface area contributed by atoms with Gasteiger partial charge in [-0.25, -0.2) is 0 Å². The Kier molecular flexibility index (Phi) is 5.65. The zero-order valence-electron chi connectivity index (χ0n) is 10.7. The Labute approximate surface area is 111 Å². The Balaban J connectivity index is 2.76. The van der Waals surface area contributed by atoms with Crippen LogP contribution in [0.1, 0.15) is 24.2 Å². The van der Waals surface area contributed by atoms with E-state index in [4.69, 9.17) is 4.74 Å². The topological polar surface area (TPSA) is 66.8 Å². The van der Waals surface area contributed by atoms with Crippen LogP contribution in [0, 0.1) is 6.92 Å². The molecule has 0 spiro atoms. The first-order valence-corrected chi connectivity index (χ1v) is 6.58. The number of thioether (sulfide) groups is 1. The van der Waals surface area contributed by atoms with Crippen molar-refractivity contribution in [1.29, 1.82) is 0 Å². The predicted molar refractivity (Wildman–Crippen MR) is 71.8 cm³/mol. The van der Waals surface area contributed by atoms with Crippen LogP contribution in [0.25, 0.3) is 0 Å². The number of carbonyl (C=O) groups excluding carboxylic acids is 1. The molecule has 2 unspecified atom stereocenters. The number of aliphatic hydroxyl groups is 2. The van der Waals surface area contributed by atoms with Crippen LogP contribution in [0.15, 0.2) is 18.2 Å². The summed E-state index contributed by atoms with van der Waals surface area (Å²) in [7, 11) is 1.56. The Morgan fingerprint density at radius 3 is 2.67 bits per heavy atom. The Morgan fingerprint density at radius 1 is 1.44 bits per heavy atom. The smallest absolute Gasteiger partial charge is 0.185 e. The second kappa shape index (κ2) is 6.78. The van der Waals surface area contributed by atoms with Gasteiger partial charge in [-0.1, -0.05) is 23.9 Å². The quantitative estimate of drug-likeness (QED) is 0.852. The van der Waals surface area contributed by atoms with Crippen LogP contribution >= 0.6 is 11.8 Å². The second-order valence-corrected chi connectivity index (χ2v) is 5.24. The summed E-state index contributed by atoms with van der Waals surface area (Å²) in [5.41, 5.74) is 1.54. The van der Waals surface area contributed by atoms with Crippen molar-refractivity contribution in [2.75, 3.05) is 12.9 Å². The Bertz CT molecular complexity index is 419. The average Bonchev–Trinajstić information content (AvgIpc) is 2.35. The van der Waals surface area contributed by atoms with E-state index in [-0.39, 0.29) is 10.9 Å². The summed E-state index contributed by atoms with van der Waals surface area (Å²) in [5, 5.41) is 19.7. The van der Waals surface area contributed by atoms with E-state index in [0.29, 0.717) is 11.3 Å². The number of methoxy groups -OCH3 is 1. The molecule has 0 aliphatic heterocycles. The summed E-state index contributed by atoms with van der Waals surface area (Å²) >= 11 is 0.995. The molecule has 0 fully saturated rings. The van der Waals surface area contributed by atoms with Gasteiger partial charge in [-0.3, -0.25) is 4.79 Å². The minimum atomic E-state index is -1.02. The summed E-state index contributed by atoms with van der Waals surface area (Å²) < 4.78 is 5.16. The number of ether oxygens (including phenoxy) is 1. The van der Waals surface area contributed by atoms with Gasteiger partial charge < -0.3 is 14.9 Å². The van der Waals surface area contributed by atoms with Crippen molar-refractivity contribution in [2.24, 2.45) is 0 Å². The monoisotopic (exact) mass is 270 g/mol. The SMILES string of the molecule is COc1cc(C(O)C(O)CSC(C)=O)ccc1C. The number of aryl methyl sites for hydroxylation is 1. The highest BCUT2D eigenvalue weighted by Gasteiger charge is 2.20. The van der Waals surface area contributed by atoms with E-state index >= 15 is 0 Å². The normalized spacial score (nSPS) is 14.1. The van der Waals surface area contributed by atoms with Crippen LogP contribution in [-0.2, 0) is 4.79 Å². The molecule has 100 valence electrons. The molecule has 0 aromatic heterocycles. The van der Waals surface area contributed by atoms with E-state index < -0.39 is 12.2 Å². The van der Waals surface area contributed by atoms with Crippen molar-refractivity contribution >= 4 is 16.9 Å². The fraction of sp³-hybridized carbons (Fsp3) is 0.462. The van der Waals surface area contributed by atoms with Crippen molar-refractivity contribution in [2.45, 2.75) is 26.1 Å². The van der Waals surface area contributed by atoms with E-state index in [1.807, 2.05) is 13.0 Å². The molecule has 18 heavy (non-hydrogen) atoms. The van der Waals surface area contributed by atoms with Crippen LogP contribution in [-0.4, -0.2) is 34.3 Å². The third kappa shape index (κ3) is 4.01. The van der Waals surface area contributed by atoms with Crippen LogP contribution in [0.5, 0.6) is 5.75 Å². The molecule has 1 rings (SSSR count). The van der Waals surface area contributed by atoms with Crippen LogP contribution < -0.4 is 4.74 Å². The molecule has 0 amide bonds. The maximum Gasteiger partial charge on any atom is 0.185 e. The largest absolute Gasteiger partial charge is 0.496 e. The fourth-order valence-corrected chi connectivity index (χ4v) is 2.12. The van der Waals surface area contributed by atoms with Crippen molar-refractivity contribution in [3.63, 3.8) is 0 Å². The molecular weight excluding hydrogens is 252 g/mol.